The Morgan fingerprint density at radius 2 is 2.17 bits per heavy atom. The fourth-order valence-electron chi connectivity index (χ4n) is 2.57. The van der Waals surface area contributed by atoms with Gasteiger partial charge in [0.1, 0.15) is 0 Å². The second-order valence-corrected chi connectivity index (χ2v) is 6.83. The van der Waals surface area contributed by atoms with Crippen molar-refractivity contribution in [1.29, 1.82) is 0 Å². The van der Waals surface area contributed by atoms with Crippen molar-refractivity contribution >= 4 is 29.1 Å². The van der Waals surface area contributed by atoms with Crippen LogP contribution in [0.15, 0.2) is 18.2 Å². The molecule has 1 aliphatic heterocycles. The fourth-order valence-corrected chi connectivity index (χ4v) is 2.74. The Bertz CT molecular complexity index is 604. The van der Waals surface area contributed by atoms with Crippen LogP contribution in [0.4, 0.5) is 5.69 Å². The van der Waals surface area contributed by atoms with E-state index in [1.807, 2.05) is 26.8 Å². The Morgan fingerprint density at radius 3 is 2.83 bits per heavy atom. The lowest BCUT2D eigenvalue weighted by Crippen LogP contribution is -2.39. The first-order chi connectivity index (χ1) is 10.8. The Morgan fingerprint density at radius 1 is 1.48 bits per heavy atom. The smallest absolute Gasteiger partial charge is 0.227 e. The van der Waals surface area contributed by atoms with Crippen molar-refractivity contribution in [2.45, 2.75) is 33.3 Å². The van der Waals surface area contributed by atoms with E-state index in [0.29, 0.717) is 11.6 Å². The third-order valence-electron chi connectivity index (χ3n) is 4.21. The van der Waals surface area contributed by atoms with Crippen molar-refractivity contribution in [2.75, 3.05) is 18.0 Å². The Balaban J connectivity index is 2.02. The molecule has 1 heterocycles. The molecule has 1 saturated heterocycles. The number of aliphatic hydroxyl groups is 1. The summed E-state index contributed by atoms with van der Waals surface area (Å²) < 4.78 is 0. The van der Waals surface area contributed by atoms with Gasteiger partial charge in [0, 0.05) is 30.2 Å². The summed E-state index contributed by atoms with van der Waals surface area (Å²) >= 11 is 6.01. The first-order valence-electron chi connectivity index (χ1n) is 7.82. The lowest BCUT2D eigenvalue weighted by Gasteiger charge is -2.20. The number of aryl methyl sites for hydroxylation is 1. The van der Waals surface area contributed by atoms with E-state index in [1.54, 1.807) is 17.0 Å². The van der Waals surface area contributed by atoms with E-state index in [1.165, 1.54) is 0 Å². The molecule has 6 heteroatoms. The molecule has 126 valence electrons. The van der Waals surface area contributed by atoms with Crippen LogP contribution in [0.2, 0.25) is 5.02 Å². The average molecular weight is 339 g/mol. The van der Waals surface area contributed by atoms with Gasteiger partial charge in [-0.15, -0.1) is 0 Å². The summed E-state index contributed by atoms with van der Waals surface area (Å²) in [5.41, 5.74) is 1.69. The van der Waals surface area contributed by atoms with Gasteiger partial charge in [-0.3, -0.25) is 9.59 Å². The van der Waals surface area contributed by atoms with Gasteiger partial charge in [-0.2, -0.15) is 0 Å². The van der Waals surface area contributed by atoms with E-state index in [0.717, 1.165) is 11.3 Å². The number of amides is 2. The van der Waals surface area contributed by atoms with Crippen molar-refractivity contribution in [3.8, 4) is 0 Å². The Kier molecular flexibility index (Phi) is 5.65. The SMILES string of the molecule is Cc1ccc(Cl)cc1N1CC(C(=O)NCC(O)C(C)C)CC1=O. The molecule has 5 nitrogen and oxygen atoms in total. The minimum absolute atomic E-state index is 0.0751. The van der Waals surface area contributed by atoms with Crippen LogP contribution in [-0.2, 0) is 9.59 Å². The molecule has 0 radical (unpaired) electrons. The maximum Gasteiger partial charge on any atom is 0.227 e. The summed E-state index contributed by atoms with van der Waals surface area (Å²) in [4.78, 5) is 26.1. The van der Waals surface area contributed by atoms with Crippen LogP contribution >= 0.6 is 11.6 Å². The van der Waals surface area contributed by atoms with Crippen LogP contribution in [0.25, 0.3) is 0 Å². The van der Waals surface area contributed by atoms with Crippen molar-refractivity contribution in [3.05, 3.63) is 28.8 Å². The number of halogens is 1. The van der Waals surface area contributed by atoms with Gasteiger partial charge in [0.2, 0.25) is 11.8 Å². The molecule has 0 spiro atoms. The number of benzene rings is 1. The summed E-state index contributed by atoms with van der Waals surface area (Å²) in [5.74, 6) is -0.605. The van der Waals surface area contributed by atoms with E-state index >= 15 is 0 Å². The monoisotopic (exact) mass is 338 g/mol. The molecule has 1 aromatic carbocycles. The zero-order chi connectivity index (χ0) is 17.1. The molecule has 2 rings (SSSR count). The second kappa shape index (κ2) is 7.32. The number of carbonyl (C=O) groups excluding carboxylic acids is 2. The maximum absolute atomic E-state index is 12.3. The molecular weight excluding hydrogens is 316 g/mol. The molecule has 1 aromatic rings. The molecule has 0 bridgehead atoms. The molecule has 1 fully saturated rings. The lowest BCUT2D eigenvalue weighted by atomic mass is 10.1. The highest BCUT2D eigenvalue weighted by Crippen LogP contribution is 2.30. The molecule has 1 aliphatic rings. The number of aliphatic hydroxyl groups excluding tert-OH is 1. The average Bonchev–Trinajstić information content (AvgIpc) is 2.88. The predicted molar refractivity (Wildman–Crippen MR) is 90.5 cm³/mol. The maximum atomic E-state index is 12.3. The molecule has 2 amide bonds. The fraction of sp³-hybridized carbons (Fsp3) is 0.529. The van der Waals surface area contributed by atoms with Gasteiger partial charge in [0.15, 0.2) is 0 Å². The Labute approximate surface area is 141 Å². The number of carbonyl (C=O) groups is 2. The van der Waals surface area contributed by atoms with Crippen LogP contribution in [0.3, 0.4) is 0 Å². The third kappa shape index (κ3) is 4.24. The van der Waals surface area contributed by atoms with Gasteiger partial charge in [0.05, 0.1) is 12.0 Å². The van der Waals surface area contributed by atoms with E-state index < -0.39 is 12.0 Å². The molecular formula is C17H23ClN2O3. The van der Waals surface area contributed by atoms with Crippen LogP contribution in [-0.4, -0.2) is 36.1 Å². The van der Waals surface area contributed by atoms with E-state index in [4.69, 9.17) is 11.6 Å². The van der Waals surface area contributed by atoms with E-state index in [-0.39, 0.29) is 30.7 Å². The highest BCUT2D eigenvalue weighted by Gasteiger charge is 2.35. The topological polar surface area (TPSA) is 69.6 Å². The van der Waals surface area contributed by atoms with Gasteiger partial charge >= 0.3 is 0 Å². The van der Waals surface area contributed by atoms with Gasteiger partial charge in [-0.1, -0.05) is 31.5 Å². The zero-order valence-electron chi connectivity index (χ0n) is 13.7. The summed E-state index contributed by atoms with van der Waals surface area (Å²) in [5, 5.41) is 13.1. The molecule has 0 saturated carbocycles. The standard InChI is InChI=1S/C17H23ClN2O3/c1-10(2)15(21)8-19-17(23)12-6-16(22)20(9-12)14-7-13(18)5-4-11(14)3/h4-5,7,10,12,15,21H,6,8-9H2,1-3H3,(H,19,23). The summed E-state index contributed by atoms with van der Waals surface area (Å²) in [6.07, 6.45) is -0.405. The largest absolute Gasteiger partial charge is 0.391 e. The number of rotatable bonds is 5. The highest BCUT2D eigenvalue weighted by atomic mass is 35.5. The van der Waals surface area contributed by atoms with Crippen LogP contribution in [0.1, 0.15) is 25.8 Å². The third-order valence-corrected chi connectivity index (χ3v) is 4.45. The van der Waals surface area contributed by atoms with Crippen molar-refractivity contribution in [3.63, 3.8) is 0 Å². The lowest BCUT2D eigenvalue weighted by molar-refractivity contribution is -0.126. The first-order valence-corrected chi connectivity index (χ1v) is 8.19. The molecule has 0 aliphatic carbocycles. The van der Waals surface area contributed by atoms with E-state index in [9.17, 15) is 14.7 Å². The first kappa shape index (κ1) is 17.8. The second-order valence-electron chi connectivity index (χ2n) is 6.39. The number of anilines is 1. The Hall–Kier alpha value is -1.59. The van der Waals surface area contributed by atoms with Crippen molar-refractivity contribution in [1.82, 2.24) is 5.32 Å². The zero-order valence-corrected chi connectivity index (χ0v) is 14.4. The molecule has 0 aromatic heterocycles. The van der Waals surface area contributed by atoms with Crippen molar-refractivity contribution in [2.24, 2.45) is 11.8 Å². The predicted octanol–water partition coefficient (Wildman–Crippen LogP) is 2.13. The van der Waals surface area contributed by atoms with Crippen LogP contribution in [0.5, 0.6) is 0 Å². The summed E-state index contributed by atoms with van der Waals surface area (Å²) in [6.45, 7) is 6.23. The number of hydrogen-bond donors (Lipinski definition) is 2. The molecule has 2 atom stereocenters. The summed E-state index contributed by atoms with van der Waals surface area (Å²) in [6, 6.07) is 5.38. The quantitative estimate of drug-likeness (QED) is 0.864. The molecule has 23 heavy (non-hydrogen) atoms. The van der Waals surface area contributed by atoms with Gasteiger partial charge in [-0.25, -0.2) is 0 Å². The minimum Gasteiger partial charge on any atom is -0.391 e. The van der Waals surface area contributed by atoms with Crippen LogP contribution < -0.4 is 10.2 Å². The number of nitrogens with one attached hydrogen (secondary N) is 1. The highest BCUT2D eigenvalue weighted by molar-refractivity contribution is 6.31. The minimum atomic E-state index is -0.581. The number of hydrogen-bond acceptors (Lipinski definition) is 3. The van der Waals surface area contributed by atoms with Gasteiger partial charge in [-0.05, 0) is 30.5 Å². The van der Waals surface area contributed by atoms with Crippen LogP contribution in [0, 0.1) is 18.8 Å². The molecule has 2 unspecified atom stereocenters. The van der Waals surface area contributed by atoms with Gasteiger partial charge in [0.25, 0.3) is 0 Å². The summed E-state index contributed by atoms with van der Waals surface area (Å²) in [7, 11) is 0. The number of nitrogens with zero attached hydrogens (tertiary/aromatic N) is 1. The molecule has 2 N–H and O–H groups in total. The van der Waals surface area contributed by atoms with Gasteiger partial charge < -0.3 is 15.3 Å². The van der Waals surface area contributed by atoms with E-state index in [2.05, 4.69) is 5.32 Å². The normalized spacial score (nSPS) is 19.3. The van der Waals surface area contributed by atoms with Crippen molar-refractivity contribution < 1.29 is 14.7 Å².